The van der Waals surface area contributed by atoms with E-state index in [1.54, 1.807) is 0 Å². The maximum atomic E-state index is 2.88. The Balaban J connectivity index is 1.14. The molecular weight excluding hydrogens is 878 g/mol. The molecule has 0 amide bonds. The number of anilines is 8. The molecule has 1 fully saturated rings. The highest BCUT2D eigenvalue weighted by Crippen LogP contribution is 2.63. The Morgan fingerprint density at radius 1 is 0.549 bits per heavy atom. The van der Waals surface area contributed by atoms with E-state index in [2.05, 4.69) is 244 Å². The quantitative estimate of drug-likeness (QED) is 0.159. The smallest absolute Gasteiger partial charge is 0.264 e. The summed E-state index contributed by atoms with van der Waals surface area (Å²) < 4.78 is 2.74. The molecular formula is C66H70BN3S. The maximum absolute atomic E-state index is 2.88. The minimum atomic E-state index is -0.0613. The van der Waals surface area contributed by atoms with E-state index in [0.29, 0.717) is 0 Å². The van der Waals surface area contributed by atoms with E-state index < -0.39 is 0 Å². The van der Waals surface area contributed by atoms with Crippen molar-refractivity contribution in [3.63, 3.8) is 0 Å². The summed E-state index contributed by atoms with van der Waals surface area (Å²) in [6.45, 7) is 30.7. The van der Waals surface area contributed by atoms with E-state index in [9.17, 15) is 0 Å². The molecule has 0 saturated heterocycles. The number of fused-ring (bicyclic) bond motifs is 9. The lowest BCUT2D eigenvalue weighted by Crippen LogP contribution is -2.64. The third-order valence-corrected chi connectivity index (χ3v) is 18.6. The highest BCUT2D eigenvalue weighted by molar-refractivity contribution is 7.33. The first-order chi connectivity index (χ1) is 33.7. The lowest BCUT2D eigenvalue weighted by Gasteiger charge is -2.52. The molecule has 2 unspecified atom stereocenters. The van der Waals surface area contributed by atoms with Crippen molar-refractivity contribution < 1.29 is 0 Å². The predicted octanol–water partition coefficient (Wildman–Crippen LogP) is 16.9. The van der Waals surface area contributed by atoms with Crippen molar-refractivity contribution in [2.45, 2.75) is 143 Å². The third-order valence-electron chi connectivity index (χ3n) is 17.4. The van der Waals surface area contributed by atoms with Crippen LogP contribution in [0.2, 0.25) is 0 Å². The Morgan fingerprint density at radius 3 is 1.76 bits per heavy atom. The molecule has 0 bridgehead atoms. The summed E-state index contributed by atoms with van der Waals surface area (Å²) in [7, 11) is 0. The highest BCUT2D eigenvalue weighted by atomic mass is 32.1. The van der Waals surface area contributed by atoms with Gasteiger partial charge in [-0.2, -0.15) is 0 Å². The minimum Gasteiger partial charge on any atom is -0.335 e. The Labute approximate surface area is 428 Å². The van der Waals surface area contributed by atoms with Crippen molar-refractivity contribution in [3.8, 4) is 11.1 Å². The number of aryl methyl sites for hydroxylation is 2. The SMILES string of the molecule is Cc1cc2c3c(c1)N1c4c(cc(-c5ccccc5)cc4C4(C)CCCCC14C)B3c1sc3cc(N(c4ccc(C(C)(C)C)cc4)c4ccc(C(C)(C)C)cc4)ccc3c1N2c1ccc(C(C)(C)C)cc1C. The van der Waals surface area contributed by atoms with E-state index in [0.717, 1.165) is 11.4 Å². The first kappa shape index (κ1) is 46.1. The second-order valence-corrected chi connectivity index (χ2v) is 26.2. The molecule has 3 aliphatic heterocycles. The Hall–Kier alpha value is -6.04. The van der Waals surface area contributed by atoms with Crippen LogP contribution in [0, 0.1) is 13.8 Å². The van der Waals surface area contributed by atoms with Gasteiger partial charge in [0.15, 0.2) is 0 Å². The van der Waals surface area contributed by atoms with Crippen LogP contribution in [0.15, 0.2) is 140 Å². The summed E-state index contributed by atoms with van der Waals surface area (Å²) in [5.74, 6) is 0. The lowest BCUT2D eigenvalue weighted by atomic mass is 9.36. The lowest BCUT2D eigenvalue weighted by molar-refractivity contribution is 0.195. The second-order valence-electron chi connectivity index (χ2n) is 25.1. The Kier molecular flexibility index (Phi) is 10.2. The highest BCUT2D eigenvalue weighted by Gasteiger charge is 2.61. The fourth-order valence-corrected chi connectivity index (χ4v) is 14.5. The second kappa shape index (κ2) is 15.7. The molecule has 4 aliphatic rings. The van der Waals surface area contributed by atoms with Gasteiger partial charge in [0.05, 0.1) is 11.2 Å². The van der Waals surface area contributed by atoms with Gasteiger partial charge >= 0.3 is 0 Å². The zero-order valence-corrected chi connectivity index (χ0v) is 45.3. The molecule has 7 aromatic carbocycles. The number of thiophene rings is 1. The molecule has 0 spiro atoms. The zero-order chi connectivity index (χ0) is 49.7. The van der Waals surface area contributed by atoms with Crippen molar-refractivity contribution in [2.24, 2.45) is 0 Å². The van der Waals surface area contributed by atoms with Crippen molar-refractivity contribution >= 4 is 89.3 Å². The van der Waals surface area contributed by atoms with Crippen molar-refractivity contribution in [2.75, 3.05) is 14.7 Å². The van der Waals surface area contributed by atoms with Crippen molar-refractivity contribution in [3.05, 3.63) is 173 Å². The van der Waals surface area contributed by atoms with Crippen LogP contribution in [0.25, 0.3) is 21.2 Å². The van der Waals surface area contributed by atoms with Gasteiger partial charge in [-0.3, -0.25) is 0 Å². The van der Waals surface area contributed by atoms with Crippen LogP contribution in [-0.4, -0.2) is 12.3 Å². The predicted molar refractivity (Wildman–Crippen MR) is 310 cm³/mol. The largest absolute Gasteiger partial charge is 0.335 e. The van der Waals surface area contributed by atoms with Gasteiger partial charge in [0.1, 0.15) is 0 Å². The summed E-state index contributed by atoms with van der Waals surface area (Å²) in [4.78, 5) is 8.04. The Bertz CT molecular complexity index is 3380. The van der Waals surface area contributed by atoms with E-state index in [1.165, 1.54) is 130 Å². The summed E-state index contributed by atoms with van der Waals surface area (Å²) >= 11 is 2.02. The molecule has 1 saturated carbocycles. The molecule has 3 nitrogen and oxygen atoms in total. The fourth-order valence-electron chi connectivity index (χ4n) is 13.2. The van der Waals surface area contributed by atoms with Gasteiger partial charge < -0.3 is 14.7 Å². The number of hydrogen-bond donors (Lipinski definition) is 0. The first-order valence-corrected chi connectivity index (χ1v) is 27.1. The number of benzene rings is 7. The fraction of sp³-hybridized carbons (Fsp3) is 0.333. The number of hydrogen-bond acceptors (Lipinski definition) is 4. The van der Waals surface area contributed by atoms with Gasteiger partial charge in [0.2, 0.25) is 0 Å². The summed E-state index contributed by atoms with van der Waals surface area (Å²) in [6.07, 6.45) is 4.88. The standard InChI is InChI=1S/C66H70BN3S/c1-41-35-55-58-56(36-41)70-60-52(65(12)33-17-18-34-66(65,70)13)38-44(43-19-15-14-16-20-43)39-53(60)67(58)61-59(69(55)54-32-25-47(37-42(54)2)64(9,10)11)51-31-30-50(40-57(51)71-61)68(48-26-21-45(22-27-48)62(3,4)5)49-28-23-46(24-29-49)63(6,7)8/h14-16,19-32,35-40H,17-18,33-34H2,1-13H3. The number of rotatable bonds is 5. The molecule has 5 heteroatoms. The summed E-state index contributed by atoms with van der Waals surface area (Å²) in [5.41, 5.74) is 24.1. The van der Waals surface area contributed by atoms with E-state index in [1.807, 2.05) is 11.3 Å². The van der Waals surface area contributed by atoms with Crippen LogP contribution >= 0.6 is 11.3 Å². The normalized spacial score (nSPS) is 19.1. The third kappa shape index (κ3) is 6.95. The van der Waals surface area contributed by atoms with Gasteiger partial charge in [0.25, 0.3) is 6.71 Å². The van der Waals surface area contributed by atoms with Gasteiger partial charge in [-0.1, -0.05) is 155 Å². The van der Waals surface area contributed by atoms with E-state index in [-0.39, 0.29) is 33.9 Å². The van der Waals surface area contributed by atoms with E-state index in [4.69, 9.17) is 0 Å². The molecule has 0 radical (unpaired) electrons. The van der Waals surface area contributed by atoms with Gasteiger partial charge in [-0.25, -0.2) is 0 Å². The topological polar surface area (TPSA) is 9.72 Å². The molecule has 71 heavy (non-hydrogen) atoms. The average molecular weight is 948 g/mol. The summed E-state index contributed by atoms with van der Waals surface area (Å²) in [5, 5.41) is 1.30. The van der Waals surface area contributed by atoms with Crippen molar-refractivity contribution in [1.29, 1.82) is 0 Å². The molecule has 1 aliphatic carbocycles. The Morgan fingerprint density at radius 2 is 1.14 bits per heavy atom. The molecule has 0 N–H and O–H groups in total. The monoisotopic (exact) mass is 948 g/mol. The van der Waals surface area contributed by atoms with Gasteiger partial charge in [-0.05, 0) is 172 Å². The molecule has 8 aromatic rings. The maximum Gasteiger partial charge on any atom is 0.264 e. The minimum absolute atomic E-state index is 0.000824. The van der Waals surface area contributed by atoms with Gasteiger partial charge in [-0.15, -0.1) is 11.3 Å². The average Bonchev–Trinajstić information content (AvgIpc) is 3.80. The molecule has 12 rings (SSSR count). The molecule has 2 atom stereocenters. The van der Waals surface area contributed by atoms with Crippen LogP contribution < -0.4 is 30.4 Å². The molecule has 4 heterocycles. The van der Waals surface area contributed by atoms with Crippen LogP contribution in [-0.2, 0) is 21.7 Å². The number of nitrogens with zero attached hydrogens (tertiary/aromatic N) is 3. The summed E-state index contributed by atoms with van der Waals surface area (Å²) in [6, 6.07) is 54.6. The van der Waals surface area contributed by atoms with E-state index >= 15 is 0 Å². The molecule has 358 valence electrons. The van der Waals surface area contributed by atoms with Crippen molar-refractivity contribution in [1.82, 2.24) is 0 Å². The zero-order valence-electron chi connectivity index (χ0n) is 44.4. The van der Waals surface area contributed by atoms with Crippen LogP contribution in [0.4, 0.5) is 45.5 Å². The first-order valence-electron chi connectivity index (χ1n) is 26.3. The van der Waals surface area contributed by atoms with Crippen LogP contribution in [0.1, 0.15) is 135 Å². The van der Waals surface area contributed by atoms with Gasteiger partial charge in [0, 0.05) is 60.1 Å². The van der Waals surface area contributed by atoms with Crippen LogP contribution in [0.3, 0.4) is 0 Å². The molecule has 1 aromatic heterocycles. The van der Waals surface area contributed by atoms with Crippen LogP contribution in [0.5, 0.6) is 0 Å².